The zero-order valence-electron chi connectivity index (χ0n) is 12.8. The van der Waals surface area contributed by atoms with Crippen molar-refractivity contribution in [1.29, 1.82) is 0 Å². The summed E-state index contributed by atoms with van der Waals surface area (Å²) in [6.45, 7) is 7.87. The van der Waals surface area contributed by atoms with Gasteiger partial charge >= 0.3 is 5.97 Å². The second kappa shape index (κ2) is 10.1. The molecule has 2 heterocycles. The molecule has 0 unspecified atom stereocenters. The Kier molecular flexibility index (Phi) is 8.85. The molecule has 0 amide bonds. The molecule has 0 bridgehead atoms. The van der Waals surface area contributed by atoms with Crippen molar-refractivity contribution in [3.05, 3.63) is 35.9 Å². The number of aryl methyl sites for hydroxylation is 1. The molecule has 112 valence electrons. The normalized spacial score (nSPS) is 8.67. The van der Waals surface area contributed by atoms with Crippen LogP contribution >= 0.6 is 0 Å². The van der Waals surface area contributed by atoms with E-state index < -0.39 is 5.97 Å². The molecule has 2 aromatic heterocycles. The molecule has 2 rings (SSSR count). The van der Waals surface area contributed by atoms with Gasteiger partial charge in [0, 0.05) is 12.4 Å². The van der Waals surface area contributed by atoms with E-state index in [-0.39, 0.29) is 0 Å². The van der Waals surface area contributed by atoms with Gasteiger partial charge in [0.25, 0.3) is 5.95 Å². The second-order valence-corrected chi connectivity index (χ2v) is 3.35. The molecular weight excluding hydrogens is 268 g/mol. The number of esters is 1. The Labute approximate surface area is 125 Å². The van der Waals surface area contributed by atoms with Crippen molar-refractivity contribution >= 4 is 5.97 Å². The third-order valence-electron chi connectivity index (χ3n) is 2.06. The van der Waals surface area contributed by atoms with Gasteiger partial charge in [-0.3, -0.25) is 0 Å². The molecule has 0 aromatic carbocycles. The summed E-state index contributed by atoms with van der Waals surface area (Å²) in [4.78, 5) is 19.8. The SMILES string of the molecule is C#C.CC.CCOC(=O)c1cc(C)nn1-c1ncccn1. The first kappa shape index (κ1) is 18.3. The van der Waals surface area contributed by atoms with E-state index in [1.165, 1.54) is 4.68 Å². The van der Waals surface area contributed by atoms with Crippen molar-refractivity contribution < 1.29 is 9.53 Å². The summed E-state index contributed by atoms with van der Waals surface area (Å²) in [6, 6.07) is 3.35. The highest BCUT2D eigenvalue weighted by atomic mass is 16.5. The zero-order valence-corrected chi connectivity index (χ0v) is 12.8. The van der Waals surface area contributed by atoms with Gasteiger partial charge in [-0.05, 0) is 26.0 Å². The first-order valence-electron chi connectivity index (χ1n) is 6.57. The molecule has 0 radical (unpaired) electrons. The molecule has 0 spiro atoms. The van der Waals surface area contributed by atoms with Crippen LogP contribution in [0.2, 0.25) is 0 Å². The maximum absolute atomic E-state index is 11.7. The number of aromatic nitrogens is 4. The minimum atomic E-state index is -0.430. The fourth-order valence-electron chi connectivity index (χ4n) is 1.40. The second-order valence-electron chi connectivity index (χ2n) is 3.35. The van der Waals surface area contributed by atoms with Crippen LogP contribution in [-0.2, 0) is 4.74 Å². The molecule has 0 N–H and O–H groups in total. The van der Waals surface area contributed by atoms with Crippen LogP contribution in [0.3, 0.4) is 0 Å². The number of carbonyl (C=O) groups excluding carboxylic acids is 1. The maximum atomic E-state index is 11.7. The molecule has 0 aliphatic rings. The van der Waals surface area contributed by atoms with Crippen molar-refractivity contribution in [2.45, 2.75) is 27.7 Å². The highest BCUT2D eigenvalue weighted by Gasteiger charge is 2.17. The maximum Gasteiger partial charge on any atom is 0.357 e. The van der Waals surface area contributed by atoms with Crippen LogP contribution in [0, 0.1) is 19.8 Å². The molecule has 0 saturated heterocycles. The smallest absolute Gasteiger partial charge is 0.357 e. The van der Waals surface area contributed by atoms with Gasteiger partial charge in [0.05, 0.1) is 12.3 Å². The summed E-state index contributed by atoms with van der Waals surface area (Å²) in [5, 5.41) is 4.18. The number of hydrogen-bond acceptors (Lipinski definition) is 5. The van der Waals surface area contributed by atoms with Crippen LogP contribution in [0.4, 0.5) is 0 Å². The molecule has 0 aliphatic heterocycles. The number of hydrogen-bond donors (Lipinski definition) is 0. The van der Waals surface area contributed by atoms with Crippen LogP contribution in [0.25, 0.3) is 5.95 Å². The fourth-order valence-corrected chi connectivity index (χ4v) is 1.40. The molecule has 0 atom stereocenters. The van der Waals surface area contributed by atoms with Crippen molar-refractivity contribution in [2.24, 2.45) is 0 Å². The Morgan fingerprint density at radius 3 is 2.38 bits per heavy atom. The minimum absolute atomic E-state index is 0.318. The Balaban J connectivity index is 0.000000921. The summed E-state index contributed by atoms with van der Waals surface area (Å²) in [7, 11) is 0. The van der Waals surface area contributed by atoms with Crippen LogP contribution in [0.5, 0.6) is 0 Å². The third-order valence-corrected chi connectivity index (χ3v) is 2.06. The topological polar surface area (TPSA) is 69.9 Å². The van der Waals surface area contributed by atoms with Gasteiger partial charge in [-0.15, -0.1) is 12.8 Å². The Hall–Kier alpha value is -2.68. The van der Waals surface area contributed by atoms with E-state index >= 15 is 0 Å². The van der Waals surface area contributed by atoms with Crippen LogP contribution in [-0.4, -0.2) is 32.3 Å². The number of rotatable bonds is 3. The van der Waals surface area contributed by atoms with Gasteiger partial charge in [-0.1, -0.05) is 13.8 Å². The quantitative estimate of drug-likeness (QED) is 0.641. The predicted molar refractivity (Wildman–Crippen MR) is 81.1 cm³/mol. The third kappa shape index (κ3) is 5.07. The molecule has 0 aliphatic carbocycles. The standard InChI is InChI=1S/C11H12N4O2.C2H6.C2H2/c1-3-17-10(16)9-7-8(2)14-15(9)11-12-5-4-6-13-11;2*1-2/h4-7H,3H2,1-2H3;1-2H3;1-2H. The molecule has 0 fully saturated rings. The van der Waals surface area contributed by atoms with Gasteiger partial charge in [0.15, 0.2) is 5.69 Å². The Morgan fingerprint density at radius 2 is 1.86 bits per heavy atom. The summed E-state index contributed by atoms with van der Waals surface area (Å²) in [6.07, 6.45) is 11.2. The monoisotopic (exact) mass is 288 g/mol. The average molecular weight is 288 g/mol. The number of ether oxygens (including phenoxy) is 1. The van der Waals surface area contributed by atoms with Crippen LogP contribution in [0.15, 0.2) is 24.5 Å². The molecule has 2 aromatic rings. The van der Waals surface area contributed by atoms with E-state index in [0.717, 1.165) is 0 Å². The lowest BCUT2D eigenvalue weighted by Gasteiger charge is -2.04. The van der Waals surface area contributed by atoms with E-state index in [1.807, 2.05) is 13.8 Å². The van der Waals surface area contributed by atoms with E-state index in [0.29, 0.717) is 23.9 Å². The first-order chi connectivity index (χ1) is 10.2. The van der Waals surface area contributed by atoms with Gasteiger partial charge in [-0.25, -0.2) is 14.8 Å². The van der Waals surface area contributed by atoms with Crippen molar-refractivity contribution in [3.63, 3.8) is 0 Å². The fraction of sp³-hybridized carbons (Fsp3) is 0.333. The summed E-state index contributed by atoms with van der Waals surface area (Å²) < 4.78 is 6.33. The average Bonchev–Trinajstić information content (AvgIpc) is 2.94. The van der Waals surface area contributed by atoms with Gasteiger partial charge in [-0.2, -0.15) is 9.78 Å². The summed E-state index contributed by atoms with van der Waals surface area (Å²) in [5.74, 6) is -0.0794. The van der Waals surface area contributed by atoms with Crippen LogP contribution in [0.1, 0.15) is 37.0 Å². The first-order valence-corrected chi connectivity index (χ1v) is 6.57. The Bertz CT molecular complexity index is 562. The summed E-state index contributed by atoms with van der Waals surface area (Å²) >= 11 is 0. The molecular formula is C15H20N4O2. The predicted octanol–water partition coefficient (Wildman–Crippen LogP) is 2.42. The lowest BCUT2D eigenvalue weighted by Crippen LogP contribution is -2.13. The molecule has 21 heavy (non-hydrogen) atoms. The van der Waals surface area contributed by atoms with E-state index in [4.69, 9.17) is 4.74 Å². The number of terminal acetylenes is 1. The highest BCUT2D eigenvalue weighted by molar-refractivity contribution is 5.88. The number of carbonyl (C=O) groups is 1. The molecule has 0 saturated carbocycles. The van der Waals surface area contributed by atoms with Gasteiger partial charge in [0.2, 0.25) is 0 Å². The lowest BCUT2D eigenvalue weighted by atomic mass is 10.4. The van der Waals surface area contributed by atoms with Crippen molar-refractivity contribution in [2.75, 3.05) is 6.61 Å². The van der Waals surface area contributed by atoms with Crippen LogP contribution < -0.4 is 0 Å². The minimum Gasteiger partial charge on any atom is -0.461 e. The lowest BCUT2D eigenvalue weighted by molar-refractivity contribution is 0.0515. The summed E-state index contributed by atoms with van der Waals surface area (Å²) in [5.41, 5.74) is 1.04. The number of nitrogens with zero attached hydrogens (tertiary/aromatic N) is 4. The van der Waals surface area contributed by atoms with Crippen molar-refractivity contribution in [3.8, 4) is 18.8 Å². The van der Waals surface area contributed by atoms with E-state index in [1.54, 1.807) is 38.4 Å². The Morgan fingerprint density at radius 1 is 1.29 bits per heavy atom. The van der Waals surface area contributed by atoms with E-state index in [9.17, 15) is 4.79 Å². The highest BCUT2D eigenvalue weighted by Crippen LogP contribution is 2.09. The van der Waals surface area contributed by atoms with Gasteiger partial charge in [0.1, 0.15) is 0 Å². The molecule has 6 nitrogen and oxygen atoms in total. The van der Waals surface area contributed by atoms with Gasteiger partial charge < -0.3 is 4.74 Å². The molecule has 6 heteroatoms. The largest absolute Gasteiger partial charge is 0.461 e. The van der Waals surface area contributed by atoms with Crippen molar-refractivity contribution in [1.82, 2.24) is 19.7 Å². The zero-order chi connectivity index (χ0) is 16.3. The van der Waals surface area contributed by atoms with E-state index in [2.05, 4.69) is 27.9 Å².